The van der Waals surface area contributed by atoms with Crippen LogP contribution in [0.4, 0.5) is 0 Å². The topological polar surface area (TPSA) is 72.8 Å². The van der Waals surface area contributed by atoms with E-state index in [0.717, 1.165) is 36.7 Å². The molecule has 0 saturated heterocycles. The Morgan fingerprint density at radius 1 is 0.970 bits per heavy atom. The molecule has 33 heavy (non-hydrogen) atoms. The third-order valence-electron chi connectivity index (χ3n) is 8.06. The Labute approximate surface area is 201 Å². The number of hydrogen-bond acceptors (Lipinski definition) is 5. The summed E-state index contributed by atoms with van der Waals surface area (Å²) >= 11 is 0. The van der Waals surface area contributed by atoms with Gasteiger partial charge in [-0.3, -0.25) is 0 Å². The van der Waals surface area contributed by atoms with Gasteiger partial charge in [0, 0.05) is 12.0 Å². The first-order chi connectivity index (χ1) is 15.8. The van der Waals surface area contributed by atoms with Crippen molar-refractivity contribution >= 4 is 11.9 Å². The number of aliphatic hydroxyl groups excluding tert-OH is 1. The van der Waals surface area contributed by atoms with Crippen LogP contribution in [-0.4, -0.2) is 36.4 Å². The Balaban J connectivity index is 1.82. The van der Waals surface area contributed by atoms with Crippen molar-refractivity contribution in [2.45, 2.75) is 97.0 Å². The molecule has 0 bridgehead atoms. The summed E-state index contributed by atoms with van der Waals surface area (Å²) in [4.78, 5) is 23.7. The first kappa shape index (κ1) is 27.6. The van der Waals surface area contributed by atoms with Gasteiger partial charge in [0.15, 0.2) is 0 Å². The normalized spacial score (nSPS) is 27.2. The number of hydrogen-bond donors (Lipinski definition) is 1. The highest BCUT2D eigenvalue weighted by Crippen LogP contribution is 2.43. The first-order valence-electron chi connectivity index (χ1n) is 13.2. The molecular formula is C28H46O5. The SMILES string of the molecule is C=CC(=O)OCC(COC(=O)C(=C)C(C)O)C1CCC(C2CCC(CCCCC)CC2)CC1. The van der Waals surface area contributed by atoms with Crippen LogP contribution in [0.2, 0.25) is 0 Å². The van der Waals surface area contributed by atoms with Gasteiger partial charge >= 0.3 is 11.9 Å². The standard InChI is InChI=1S/C28H46O5/c1-5-7-8-9-22-10-12-23(13-11-22)24-14-16-25(17-15-24)26(18-32-27(30)6-2)19-33-28(31)20(3)21(4)29/h6,21-26,29H,2-3,5,7-19H2,1,4H3. The number of unbranched alkanes of at least 4 members (excludes halogenated alkanes) is 2. The molecule has 0 aromatic carbocycles. The van der Waals surface area contributed by atoms with Crippen LogP contribution in [0.15, 0.2) is 24.8 Å². The molecule has 2 saturated carbocycles. The summed E-state index contributed by atoms with van der Waals surface area (Å²) in [5.41, 5.74) is 0.0471. The molecule has 0 heterocycles. The average Bonchev–Trinajstić information content (AvgIpc) is 2.84. The number of aliphatic hydroxyl groups is 1. The fraction of sp³-hybridized carbons (Fsp3) is 0.786. The van der Waals surface area contributed by atoms with E-state index in [1.807, 2.05) is 0 Å². The summed E-state index contributed by atoms with van der Waals surface area (Å²) in [5.74, 6) is 1.87. The molecule has 0 radical (unpaired) electrons. The predicted octanol–water partition coefficient (Wildman–Crippen LogP) is 6.01. The van der Waals surface area contributed by atoms with Crippen LogP contribution in [0.5, 0.6) is 0 Å². The lowest BCUT2D eigenvalue weighted by Crippen LogP contribution is -2.33. The zero-order valence-electron chi connectivity index (χ0n) is 20.9. The minimum atomic E-state index is -0.938. The third kappa shape index (κ3) is 9.27. The zero-order chi connectivity index (χ0) is 24.2. The average molecular weight is 463 g/mol. The molecule has 0 aromatic heterocycles. The minimum absolute atomic E-state index is 0.0464. The molecule has 5 heteroatoms. The van der Waals surface area contributed by atoms with Gasteiger partial charge in [0.05, 0.1) is 24.9 Å². The van der Waals surface area contributed by atoms with E-state index in [-0.39, 0.29) is 24.7 Å². The minimum Gasteiger partial charge on any atom is -0.462 e. The molecule has 0 spiro atoms. The first-order valence-corrected chi connectivity index (χ1v) is 13.2. The van der Waals surface area contributed by atoms with Crippen LogP contribution in [0.25, 0.3) is 0 Å². The van der Waals surface area contributed by atoms with E-state index in [4.69, 9.17) is 9.47 Å². The van der Waals surface area contributed by atoms with Gasteiger partial charge in [-0.1, -0.05) is 58.6 Å². The molecule has 0 aromatic rings. The molecule has 2 fully saturated rings. The van der Waals surface area contributed by atoms with E-state index in [0.29, 0.717) is 5.92 Å². The maximum atomic E-state index is 12.1. The van der Waals surface area contributed by atoms with Gasteiger partial charge in [-0.2, -0.15) is 0 Å². The summed E-state index contributed by atoms with van der Waals surface area (Å²) in [7, 11) is 0. The van der Waals surface area contributed by atoms with Gasteiger partial charge in [-0.15, -0.1) is 0 Å². The molecule has 188 valence electrons. The Morgan fingerprint density at radius 3 is 2.09 bits per heavy atom. The molecule has 0 aliphatic heterocycles. The second-order valence-electron chi connectivity index (χ2n) is 10.3. The Kier molecular flexibility index (Phi) is 12.2. The van der Waals surface area contributed by atoms with E-state index in [2.05, 4.69) is 20.1 Å². The molecule has 5 nitrogen and oxygen atoms in total. The molecule has 2 aliphatic carbocycles. The van der Waals surface area contributed by atoms with Gasteiger partial charge < -0.3 is 14.6 Å². The molecule has 2 unspecified atom stereocenters. The Hall–Kier alpha value is -1.62. The lowest BCUT2D eigenvalue weighted by Gasteiger charge is -2.39. The van der Waals surface area contributed by atoms with Crippen LogP contribution in [0.3, 0.4) is 0 Å². The lowest BCUT2D eigenvalue weighted by molar-refractivity contribution is -0.145. The van der Waals surface area contributed by atoms with E-state index >= 15 is 0 Å². The van der Waals surface area contributed by atoms with Gasteiger partial charge in [-0.05, 0) is 69.1 Å². The van der Waals surface area contributed by atoms with Crippen LogP contribution in [0.1, 0.15) is 90.9 Å². The summed E-state index contributed by atoms with van der Waals surface area (Å²) in [6.07, 6.45) is 15.8. The smallest absolute Gasteiger partial charge is 0.336 e. The maximum Gasteiger partial charge on any atom is 0.336 e. The van der Waals surface area contributed by atoms with Crippen molar-refractivity contribution in [1.82, 2.24) is 0 Å². The van der Waals surface area contributed by atoms with Crippen LogP contribution >= 0.6 is 0 Å². The third-order valence-corrected chi connectivity index (χ3v) is 8.06. The second kappa shape index (κ2) is 14.6. The number of ether oxygens (including phenoxy) is 2. The molecular weight excluding hydrogens is 416 g/mol. The number of esters is 2. The fourth-order valence-electron chi connectivity index (χ4n) is 5.73. The van der Waals surface area contributed by atoms with Gasteiger partial charge in [0.2, 0.25) is 0 Å². The van der Waals surface area contributed by atoms with Crippen LogP contribution in [0, 0.1) is 29.6 Å². The number of carbonyl (C=O) groups is 2. The molecule has 2 rings (SSSR count). The summed E-state index contributed by atoms with van der Waals surface area (Å²) in [6, 6.07) is 0. The molecule has 2 atom stereocenters. The van der Waals surface area contributed by atoms with Gasteiger partial charge in [0.25, 0.3) is 0 Å². The number of rotatable bonds is 13. The van der Waals surface area contributed by atoms with Crippen molar-refractivity contribution in [2.75, 3.05) is 13.2 Å². The monoisotopic (exact) mass is 462 g/mol. The van der Waals surface area contributed by atoms with Crippen LogP contribution < -0.4 is 0 Å². The summed E-state index contributed by atoms with van der Waals surface area (Å²) in [6.45, 7) is 11.2. The maximum absolute atomic E-state index is 12.1. The Morgan fingerprint density at radius 2 is 1.55 bits per heavy atom. The highest BCUT2D eigenvalue weighted by atomic mass is 16.5. The predicted molar refractivity (Wildman–Crippen MR) is 131 cm³/mol. The fourth-order valence-corrected chi connectivity index (χ4v) is 5.73. The highest BCUT2D eigenvalue weighted by molar-refractivity contribution is 5.88. The Bertz CT molecular complexity index is 624. The van der Waals surface area contributed by atoms with Crippen molar-refractivity contribution in [3.05, 3.63) is 24.8 Å². The highest BCUT2D eigenvalue weighted by Gasteiger charge is 2.34. The molecule has 2 aliphatic rings. The van der Waals surface area contributed by atoms with E-state index < -0.39 is 18.0 Å². The quantitative estimate of drug-likeness (QED) is 0.206. The lowest BCUT2D eigenvalue weighted by atomic mass is 9.67. The summed E-state index contributed by atoms with van der Waals surface area (Å²) < 4.78 is 10.7. The zero-order valence-corrected chi connectivity index (χ0v) is 20.9. The van der Waals surface area contributed by atoms with Crippen LogP contribution in [-0.2, 0) is 19.1 Å². The summed E-state index contributed by atoms with van der Waals surface area (Å²) in [5, 5.41) is 9.56. The van der Waals surface area contributed by atoms with E-state index in [9.17, 15) is 14.7 Å². The molecule has 0 amide bonds. The largest absolute Gasteiger partial charge is 0.462 e. The van der Waals surface area contributed by atoms with Crippen molar-refractivity contribution in [3.8, 4) is 0 Å². The van der Waals surface area contributed by atoms with E-state index in [1.54, 1.807) is 0 Å². The van der Waals surface area contributed by atoms with E-state index in [1.165, 1.54) is 71.1 Å². The van der Waals surface area contributed by atoms with Gasteiger partial charge in [0.1, 0.15) is 0 Å². The second-order valence-corrected chi connectivity index (χ2v) is 10.3. The van der Waals surface area contributed by atoms with Crippen molar-refractivity contribution in [1.29, 1.82) is 0 Å². The van der Waals surface area contributed by atoms with Crippen molar-refractivity contribution < 1.29 is 24.2 Å². The number of carbonyl (C=O) groups excluding carboxylic acids is 2. The van der Waals surface area contributed by atoms with Crippen molar-refractivity contribution in [2.24, 2.45) is 29.6 Å². The molecule has 1 N–H and O–H groups in total. The van der Waals surface area contributed by atoms with Gasteiger partial charge in [-0.25, -0.2) is 9.59 Å². The van der Waals surface area contributed by atoms with Crippen molar-refractivity contribution in [3.63, 3.8) is 0 Å².